The zero-order valence-electron chi connectivity index (χ0n) is 18.8. The van der Waals surface area contributed by atoms with Crippen LogP contribution in [0.2, 0.25) is 0 Å². The summed E-state index contributed by atoms with van der Waals surface area (Å²) in [4.78, 5) is 9.23. The van der Waals surface area contributed by atoms with Gasteiger partial charge >= 0.3 is 0 Å². The number of ether oxygens (including phenoxy) is 2. The molecule has 0 saturated heterocycles. The van der Waals surface area contributed by atoms with Gasteiger partial charge in [-0.1, -0.05) is 35.8 Å². The minimum absolute atomic E-state index is 0.809. The van der Waals surface area contributed by atoms with E-state index in [-0.39, 0.29) is 0 Å². The fraction of sp³-hybridized carbons (Fsp3) is 0.0667. The minimum Gasteiger partial charge on any atom is -0.497 e. The lowest BCUT2D eigenvalue weighted by molar-refractivity contribution is 0.414. The lowest BCUT2D eigenvalue weighted by Crippen LogP contribution is -1.90. The summed E-state index contributed by atoms with van der Waals surface area (Å²) in [5.41, 5.74) is 5.26. The monoisotopic (exact) mass is 440 g/mol. The quantitative estimate of drug-likeness (QED) is 0.265. The smallest absolute Gasteiger partial charge is 0.118 e. The average molecular weight is 441 g/mol. The SMILES string of the molecule is COc1ccc(C#Cc2ccnc3c2ccc2c(C#Cc4ccc(OC)cc4)ccnc23)cc1. The zero-order valence-corrected chi connectivity index (χ0v) is 18.8. The average Bonchev–Trinajstić information content (AvgIpc) is 2.91. The normalized spacial score (nSPS) is 10.2. The number of methoxy groups -OCH3 is 2. The maximum atomic E-state index is 5.21. The van der Waals surface area contributed by atoms with Crippen molar-refractivity contribution < 1.29 is 9.47 Å². The molecule has 3 aromatic carbocycles. The van der Waals surface area contributed by atoms with E-state index in [1.165, 1.54) is 0 Å². The molecule has 2 heterocycles. The summed E-state index contributed by atoms with van der Waals surface area (Å²) in [5, 5.41) is 1.92. The van der Waals surface area contributed by atoms with Gasteiger partial charge in [-0.05, 0) is 60.7 Å². The third-order valence-corrected chi connectivity index (χ3v) is 5.48. The Balaban J connectivity index is 1.54. The number of hydrogen-bond donors (Lipinski definition) is 0. The number of fused-ring (bicyclic) bond motifs is 3. The third kappa shape index (κ3) is 4.26. The van der Waals surface area contributed by atoms with Gasteiger partial charge in [-0.25, -0.2) is 0 Å². The highest BCUT2D eigenvalue weighted by Crippen LogP contribution is 2.26. The van der Waals surface area contributed by atoms with Crippen LogP contribution < -0.4 is 9.47 Å². The Morgan fingerprint density at radius 3 is 1.29 bits per heavy atom. The van der Waals surface area contributed by atoms with Crippen molar-refractivity contribution in [3.8, 4) is 35.2 Å². The number of rotatable bonds is 2. The Labute approximate surface area is 198 Å². The second-order valence-corrected chi connectivity index (χ2v) is 7.53. The lowest BCUT2D eigenvalue weighted by atomic mass is 10.0. The Bertz CT molecular complexity index is 1490. The van der Waals surface area contributed by atoms with Crippen LogP contribution in [0.15, 0.2) is 85.2 Å². The molecule has 4 heteroatoms. The van der Waals surface area contributed by atoms with Gasteiger partial charge < -0.3 is 9.47 Å². The van der Waals surface area contributed by atoms with Crippen molar-refractivity contribution in [2.45, 2.75) is 0 Å². The summed E-state index contributed by atoms with van der Waals surface area (Å²) in [7, 11) is 3.30. The Kier molecular flexibility index (Phi) is 5.80. The van der Waals surface area contributed by atoms with Crippen LogP contribution in [0, 0.1) is 23.7 Å². The molecule has 0 amide bonds. The van der Waals surface area contributed by atoms with Crippen LogP contribution in [0.25, 0.3) is 21.8 Å². The molecule has 34 heavy (non-hydrogen) atoms. The molecule has 4 nitrogen and oxygen atoms in total. The van der Waals surface area contributed by atoms with Crippen LogP contribution in [0.5, 0.6) is 11.5 Å². The fourth-order valence-corrected chi connectivity index (χ4v) is 3.67. The van der Waals surface area contributed by atoms with Gasteiger partial charge in [0.2, 0.25) is 0 Å². The van der Waals surface area contributed by atoms with Crippen LogP contribution in [0.3, 0.4) is 0 Å². The van der Waals surface area contributed by atoms with Gasteiger partial charge in [0.05, 0.1) is 25.3 Å². The number of aromatic nitrogens is 2. The first-order chi connectivity index (χ1) is 16.7. The Morgan fingerprint density at radius 1 is 0.500 bits per heavy atom. The van der Waals surface area contributed by atoms with Gasteiger partial charge in [-0.3, -0.25) is 9.97 Å². The van der Waals surface area contributed by atoms with E-state index in [2.05, 4.69) is 33.6 Å². The van der Waals surface area contributed by atoms with E-state index in [4.69, 9.17) is 9.47 Å². The molecule has 162 valence electrons. The summed E-state index contributed by atoms with van der Waals surface area (Å²) in [5.74, 6) is 14.6. The largest absolute Gasteiger partial charge is 0.497 e. The van der Waals surface area contributed by atoms with E-state index in [0.717, 1.165) is 55.6 Å². The predicted molar refractivity (Wildman–Crippen MR) is 135 cm³/mol. The lowest BCUT2D eigenvalue weighted by Gasteiger charge is -2.05. The van der Waals surface area contributed by atoms with Gasteiger partial charge in [-0.15, -0.1) is 0 Å². The fourth-order valence-electron chi connectivity index (χ4n) is 3.67. The first-order valence-electron chi connectivity index (χ1n) is 10.7. The van der Waals surface area contributed by atoms with E-state index in [1.807, 2.05) is 72.8 Å². The summed E-state index contributed by atoms with van der Waals surface area (Å²) < 4.78 is 10.4. The van der Waals surface area contributed by atoms with E-state index in [9.17, 15) is 0 Å². The van der Waals surface area contributed by atoms with E-state index < -0.39 is 0 Å². The molecular formula is C30H20N2O2. The van der Waals surface area contributed by atoms with Crippen molar-refractivity contribution >= 4 is 21.8 Å². The van der Waals surface area contributed by atoms with Crippen LogP contribution in [0.1, 0.15) is 22.3 Å². The van der Waals surface area contributed by atoms with Crippen molar-refractivity contribution in [3.05, 3.63) is 107 Å². The summed E-state index contributed by atoms with van der Waals surface area (Å²) in [6.45, 7) is 0. The number of benzene rings is 3. The van der Waals surface area contributed by atoms with Gasteiger partial charge in [-0.2, -0.15) is 0 Å². The Morgan fingerprint density at radius 2 is 0.912 bits per heavy atom. The summed E-state index contributed by atoms with van der Waals surface area (Å²) >= 11 is 0. The third-order valence-electron chi connectivity index (χ3n) is 5.48. The van der Waals surface area contributed by atoms with Crippen molar-refractivity contribution in [2.24, 2.45) is 0 Å². The Hall–Kier alpha value is -4.80. The molecule has 0 radical (unpaired) electrons. The van der Waals surface area contributed by atoms with Gasteiger partial charge in [0.25, 0.3) is 0 Å². The standard InChI is InChI=1S/C30H20N2O2/c1-33-25-11-5-21(6-12-25)3-9-23-17-19-31-29-27(23)15-16-28-24(18-20-32-30(28)29)10-4-22-7-13-26(34-2)14-8-22/h5-8,11-20H,1-2H3. The van der Waals surface area contributed by atoms with Crippen molar-refractivity contribution in [2.75, 3.05) is 14.2 Å². The van der Waals surface area contributed by atoms with Crippen molar-refractivity contribution in [1.82, 2.24) is 9.97 Å². The highest BCUT2D eigenvalue weighted by molar-refractivity contribution is 6.06. The van der Waals surface area contributed by atoms with E-state index in [0.29, 0.717) is 0 Å². The molecule has 0 atom stereocenters. The van der Waals surface area contributed by atoms with Crippen LogP contribution in [0.4, 0.5) is 0 Å². The highest BCUT2D eigenvalue weighted by atomic mass is 16.5. The molecule has 0 bridgehead atoms. The first-order valence-corrected chi connectivity index (χ1v) is 10.7. The van der Waals surface area contributed by atoms with Crippen LogP contribution >= 0.6 is 0 Å². The molecule has 0 unspecified atom stereocenters. The summed E-state index contributed by atoms with van der Waals surface area (Å²) in [6, 6.07) is 23.3. The van der Waals surface area contributed by atoms with Crippen molar-refractivity contribution in [3.63, 3.8) is 0 Å². The minimum atomic E-state index is 0.809. The van der Waals surface area contributed by atoms with Gasteiger partial charge in [0, 0.05) is 45.4 Å². The highest BCUT2D eigenvalue weighted by Gasteiger charge is 2.08. The van der Waals surface area contributed by atoms with Gasteiger partial charge in [0.15, 0.2) is 0 Å². The molecule has 2 aromatic heterocycles. The van der Waals surface area contributed by atoms with E-state index in [1.54, 1.807) is 26.6 Å². The predicted octanol–water partition coefficient (Wildman–Crippen LogP) is 5.60. The topological polar surface area (TPSA) is 44.2 Å². The molecule has 0 saturated carbocycles. The van der Waals surface area contributed by atoms with Crippen LogP contribution in [-0.2, 0) is 0 Å². The number of pyridine rings is 2. The molecule has 5 rings (SSSR count). The zero-order chi connectivity index (χ0) is 23.3. The second kappa shape index (κ2) is 9.36. The molecule has 0 spiro atoms. The maximum absolute atomic E-state index is 5.21. The molecule has 0 fully saturated rings. The van der Waals surface area contributed by atoms with Crippen LogP contribution in [-0.4, -0.2) is 24.2 Å². The molecule has 0 aliphatic carbocycles. The maximum Gasteiger partial charge on any atom is 0.118 e. The molecular weight excluding hydrogens is 420 g/mol. The second-order valence-electron chi connectivity index (χ2n) is 7.53. The molecule has 5 aromatic rings. The van der Waals surface area contributed by atoms with Crippen molar-refractivity contribution in [1.29, 1.82) is 0 Å². The molecule has 0 N–H and O–H groups in total. The van der Waals surface area contributed by atoms with Gasteiger partial charge in [0.1, 0.15) is 11.5 Å². The first kappa shape index (κ1) is 21.1. The van der Waals surface area contributed by atoms with E-state index >= 15 is 0 Å². The number of hydrogen-bond acceptors (Lipinski definition) is 4. The molecule has 0 aliphatic heterocycles. The number of nitrogens with zero attached hydrogens (tertiary/aromatic N) is 2. The molecule has 0 aliphatic rings. The summed E-state index contributed by atoms with van der Waals surface area (Å²) in [6.07, 6.45) is 3.55.